The third-order valence-corrected chi connectivity index (χ3v) is 3.58. The van der Waals surface area contributed by atoms with E-state index in [0.717, 1.165) is 0 Å². The van der Waals surface area contributed by atoms with E-state index in [-0.39, 0.29) is 0 Å². The zero-order valence-electron chi connectivity index (χ0n) is 11.1. The number of para-hydroxylation sites is 1. The highest BCUT2D eigenvalue weighted by Gasteiger charge is 2.16. The average molecular weight is 323 g/mol. The number of hydrogen-bond donors (Lipinski definition) is 2. The van der Waals surface area contributed by atoms with Gasteiger partial charge in [0.1, 0.15) is 0 Å². The van der Waals surface area contributed by atoms with Gasteiger partial charge in [0, 0.05) is 10.7 Å². The van der Waals surface area contributed by atoms with Crippen LogP contribution in [0.1, 0.15) is 5.56 Å². The topological polar surface area (TPSA) is 58.2 Å². The summed E-state index contributed by atoms with van der Waals surface area (Å²) < 4.78 is 0. The standard InChI is InChI=1S/C15H12Cl2N2O2/c1-9-10(16)6-4-8-12(9)18-14(20)15(21)19-13-7-3-2-5-11(13)17/h2-8H,1H3,(H,18,20)(H,19,21). The van der Waals surface area contributed by atoms with Crippen LogP contribution in [0.4, 0.5) is 11.4 Å². The Morgan fingerprint density at radius 3 is 2.00 bits per heavy atom. The van der Waals surface area contributed by atoms with Crippen LogP contribution >= 0.6 is 23.2 Å². The number of carbonyl (C=O) groups is 2. The zero-order valence-corrected chi connectivity index (χ0v) is 12.6. The number of carbonyl (C=O) groups excluding carboxylic acids is 2. The zero-order chi connectivity index (χ0) is 15.4. The van der Waals surface area contributed by atoms with E-state index in [2.05, 4.69) is 10.6 Å². The summed E-state index contributed by atoms with van der Waals surface area (Å²) in [4.78, 5) is 23.7. The Morgan fingerprint density at radius 2 is 1.33 bits per heavy atom. The van der Waals surface area contributed by atoms with E-state index in [1.807, 2.05) is 0 Å². The third kappa shape index (κ3) is 3.74. The van der Waals surface area contributed by atoms with E-state index in [9.17, 15) is 9.59 Å². The highest BCUT2D eigenvalue weighted by atomic mass is 35.5. The van der Waals surface area contributed by atoms with Gasteiger partial charge in [0.05, 0.1) is 10.7 Å². The van der Waals surface area contributed by atoms with E-state index in [4.69, 9.17) is 23.2 Å². The van der Waals surface area contributed by atoms with Crippen molar-refractivity contribution in [2.45, 2.75) is 6.92 Å². The smallest absolute Gasteiger partial charge is 0.314 e. The summed E-state index contributed by atoms with van der Waals surface area (Å²) in [6.45, 7) is 1.75. The molecule has 0 aliphatic rings. The van der Waals surface area contributed by atoms with Gasteiger partial charge < -0.3 is 10.6 Å². The molecule has 0 saturated carbocycles. The highest BCUT2D eigenvalue weighted by Crippen LogP contribution is 2.23. The van der Waals surface area contributed by atoms with Crippen molar-refractivity contribution in [1.29, 1.82) is 0 Å². The fourth-order valence-electron chi connectivity index (χ4n) is 1.66. The summed E-state index contributed by atoms with van der Waals surface area (Å²) in [5, 5.41) is 5.83. The van der Waals surface area contributed by atoms with Gasteiger partial charge in [0.15, 0.2) is 0 Å². The predicted octanol–water partition coefficient (Wildman–Crippen LogP) is 3.88. The maximum absolute atomic E-state index is 11.9. The second-order valence-electron chi connectivity index (χ2n) is 4.30. The monoisotopic (exact) mass is 322 g/mol. The molecule has 2 rings (SSSR count). The van der Waals surface area contributed by atoms with Crippen molar-refractivity contribution in [3.8, 4) is 0 Å². The SMILES string of the molecule is Cc1c(Cl)cccc1NC(=O)C(=O)Nc1ccccc1Cl. The predicted molar refractivity (Wildman–Crippen MR) is 84.9 cm³/mol. The summed E-state index contributed by atoms with van der Waals surface area (Å²) in [7, 11) is 0. The lowest BCUT2D eigenvalue weighted by Gasteiger charge is -2.10. The molecule has 4 nitrogen and oxygen atoms in total. The fourth-order valence-corrected chi connectivity index (χ4v) is 2.02. The van der Waals surface area contributed by atoms with Crippen LogP contribution in [-0.4, -0.2) is 11.8 Å². The van der Waals surface area contributed by atoms with Crippen LogP contribution in [0, 0.1) is 6.92 Å². The first-order valence-corrected chi connectivity index (χ1v) is 6.86. The van der Waals surface area contributed by atoms with Gasteiger partial charge in [-0.1, -0.05) is 41.4 Å². The minimum Gasteiger partial charge on any atom is -0.317 e. The van der Waals surface area contributed by atoms with Gasteiger partial charge in [0.2, 0.25) is 0 Å². The van der Waals surface area contributed by atoms with Crippen LogP contribution in [0.5, 0.6) is 0 Å². The molecule has 2 amide bonds. The molecule has 0 unspecified atom stereocenters. The molecular formula is C15H12Cl2N2O2. The number of benzene rings is 2. The minimum atomic E-state index is -0.803. The molecule has 0 atom stereocenters. The minimum absolute atomic E-state index is 0.359. The Balaban J connectivity index is 2.08. The molecule has 2 aromatic carbocycles. The molecular weight excluding hydrogens is 311 g/mol. The quantitative estimate of drug-likeness (QED) is 0.824. The number of amides is 2. The molecule has 0 bridgehead atoms. The molecule has 0 aromatic heterocycles. The maximum atomic E-state index is 11.9. The van der Waals surface area contributed by atoms with Gasteiger partial charge in [-0.15, -0.1) is 0 Å². The van der Waals surface area contributed by atoms with Crippen molar-refractivity contribution in [1.82, 2.24) is 0 Å². The summed E-state index contributed by atoms with van der Waals surface area (Å²) in [6.07, 6.45) is 0. The first kappa shape index (κ1) is 15.4. The maximum Gasteiger partial charge on any atom is 0.314 e. The van der Waals surface area contributed by atoms with E-state index in [0.29, 0.717) is 27.0 Å². The van der Waals surface area contributed by atoms with Crippen LogP contribution in [0.3, 0.4) is 0 Å². The van der Waals surface area contributed by atoms with Gasteiger partial charge in [0.25, 0.3) is 0 Å². The first-order chi connectivity index (χ1) is 9.99. The normalized spacial score (nSPS) is 10.0. The number of hydrogen-bond acceptors (Lipinski definition) is 2. The van der Waals surface area contributed by atoms with Crippen molar-refractivity contribution < 1.29 is 9.59 Å². The summed E-state index contributed by atoms with van der Waals surface area (Å²) >= 11 is 11.9. The lowest BCUT2D eigenvalue weighted by molar-refractivity contribution is -0.133. The molecule has 0 heterocycles. The number of halogens is 2. The van der Waals surface area contributed by atoms with Crippen LogP contribution in [0.2, 0.25) is 10.0 Å². The lowest BCUT2D eigenvalue weighted by atomic mass is 10.2. The largest absolute Gasteiger partial charge is 0.317 e. The molecule has 2 N–H and O–H groups in total. The summed E-state index contributed by atoms with van der Waals surface area (Å²) in [5.74, 6) is -1.59. The van der Waals surface area contributed by atoms with Crippen LogP contribution in [0.15, 0.2) is 42.5 Å². The van der Waals surface area contributed by atoms with Crippen molar-refractivity contribution in [3.05, 3.63) is 58.1 Å². The Bertz CT molecular complexity index is 702. The molecule has 0 spiro atoms. The van der Waals surface area contributed by atoms with E-state index >= 15 is 0 Å². The Morgan fingerprint density at radius 1 is 0.810 bits per heavy atom. The number of nitrogens with one attached hydrogen (secondary N) is 2. The highest BCUT2D eigenvalue weighted by molar-refractivity contribution is 6.45. The van der Waals surface area contributed by atoms with Crippen LogP contribution in [-0.2, 0) is 9.59 Å². The number of rotatable bonds is 2. The lowest BCUT2D eigenvalue weighted by Crippen LogP contribution is -2.29. The van der Waals surface area contributed by atoms with Crippen molar-refractivity contribution >= 4 is 46.4 Å². The van der Waals surface area contributed by atoms with Crippen molar-refractivity contribution in [2.75, 3.05) is 10.6 Å². The second-order valence-corrected chi connectivity index (χ2v) is 5.11. The van der Waals surface area contributed by atoms with Crippen molar-refractivity contribution in [3.63, 3.8) is 0 Å². The molecule has 0 saturated heterocycles. The first-order valence-electron chi connectivity index (χ1n) is 6.11. The fraction of sp³-hybridized carbons (Fsp3) is 0.0667. The molecule has 6 heteroatoms. The third-order valence-electron chi connectivity index (χ3n) is 2.84. The number of anilines is 2. The Kier molecular flexibility index (Phi) is 4.83. The molecule has 0 fully saturated rings. The van der Waals surface area contributed by atoms with Gasteiger partial charge in [-0.05, 0) is 36.8 Å². The van der Waals surface area contributed by atoms with E-state index < -0.39 is 11.8 Å². The molecule has 0 aliphatic heterocycles. The molecule has 108 valence electrons. The summed E-state index contributed by atoms with van der Waals surface area (Å²) in [5.41, 5.74) is 1.56. The molecule has 21 heavy (non-hydrogen) atoms. The van der Waals surface area contributed by atoms with Crippen molar-refractivity contribution in [2.24, 2.45) is 0 Å². The van der Waals surface area contributed by atoms with E-state index in [1.165, 1.54) is 0 Å². The van der Waals surface area contributed by atoms with Crippen LogP contribution in [0.25, 0.3) is 0 Å². The van der Waals surface area contributed by atoms with Gasteiger partial charge in [-0.3, -0.25) is 9.59 Å². The summed E-state index contributed by atoms with van der Waals surface area (Å²) in [6, 6.07) is 11.7. The van der Waals surface area contributed by atoms with Gasteiger partial charge in [-0.2, -0.15) is 0 Å². The second kappa shape index (κ2) is 6.61. The Hall–Kier alpha value is -2.04. The van der Waals surface area contributed by atoms with Gasteiger partial charge >= 0.3 is 11.8 Å². The van der Waals surface area contributed by atoms with E-state index in [1.54, 1.807) is 49.4 Å². The molecule has 2 aromatic rings. The van der Waals surface area contributed by atoms with Gasteiger partial charge in [-0.25, -0.2) is 0 Å². The van der Waals surface area contributed by atoms with Crippen LogP contribution < -0.4 is 10.6 Å². The molecule has 0 radical (unpaired) electrons. The Labute approximate surface area is 132 Å². The average Bonchev–Trinajstić information content (AvgIpc) is 2.46. The molecule has 0 aliphatic carbocycles.